The van der Waals surface area contributed by atoms with Crippen molar-refractivity contribution >= 4 is 27.3 Å². The van der Waals surface area contributed by atoms with Crippen molar-refractivity contribution in [2.75, 3.05) is 24.4 Å². The van der Waals surface area contributed by atoms with Crippen molar-refractivity contribution in [3.8, 4) is 0 Å². The fourth-order valence-electron chi connectivity index (χ4n) is 1.14. The molecule has 0 saturated carbocycles. The highest BCUT2D eigenvalue weighted by Crippen LogP contribution is 2.19. The summed E-state index contributed by atoms with van der Waals surface area (Å²) in [6.45, 7) is 0. The van der Waals surface area contributed by atoms with Gasteiger partial charge in [-0.3, -0.25) is 4.79 Å². The molecule has 7 heteroatoms. The Bertz CT molecular complexity index is 511. The van der Waals surface area contributed by atoms with Crippen LogP contribution in [0.3, 0.4) is 0 Å². The zero-order valence-electron chi connectivity index (χ0n) is 8.94. The number of benzene rings is 1. The maximum Gasteiger partial charge on any atom is 0.264 e. The number of carbonyl (C=O) groups excluding carboxylic acids is 1. The van der Waals surface area contributed by atoms with E-state index in [2.05, 4.69) is 5.32 Å². The van der Waals surface area contributed by atoms with Gasteiger partial charge in [-0.05, 0) is 18.2 Å². The molecule has 0 spiro atoms. The molecule has 4 N–H and O–H groups in total. The van der Waals surface area contributed by atoms with E-state index in [1.54, 1.807) is 7.05 Å². The van der Waals surface area contributed by atoms with Crippen molar-refractivity contribution in [1.29, 1.82) is 0 Å². The molecule has 0 aliphatic carbocycles. The quantitative estimate of drug-likeness (QED) is 0.649. The molecular weight excluding hydrogens is 230 g/mol. The number of nitrogens with two attached hydrogens (primary N) is 1. The van der Waals surface area contributed by atoms with Gasteiger partial charge in [0.25, 0.3) is 5.91 Å². The SMILES string of the molecule is CNc1cc(C(=O)NS(C)(=O)=O)ccc1N. The fraction of sp³-hybridized carbons (Fsp3) is 0.222. The molecule has 0 aliphatic rings. The van der Waals surface area contributed by atoms with Crippen LogP contribution in [0.5, 0.6) is 0 Å². The lowest BCUT2D eigenvalue weighted by atomic mass is 10.1. The van der Waals surface area contributed by atoms with Gasteiger partial charge < -0.3 is 11.1 Å². The number of anilines is 2. The van der Waals surface area contributed by atoms with Gasteiger partial charge in [0, 0.05) is 12.6 Å². The van der Waals surface area contributed by atoms with E-state index < -0.39 is 15.9 Å². The third-order valence-electron chi connectivity index (χ3n) is 1.86. The van der Waals surface area contributed by atoms with E-state index in [0.29, 0.717) is 11.4 Å². The predicted molar refractivity (Wildman–Crippen MR) is 62.7 cm³/mol. The monoisotopic (exact) mass is 243 g/mol. The number of carbonyl (C=O) groups is 1. The van der Waals surface area contributed by atoms with Crippen LogP contribution in [-0.4, -0.2) is 27.6 Å². The van der Waals surface area contributed by atoms with Crippen molar-refractivity contribution in [1.82, 2.24) is 4.72 Å². The Balaban J connectivity index is 3.01. The van der Waals surface area contributed by atoms with E-state index >= 15 is 0 Å². The van der Waals surface area contributed by atoms with Crippen LogP contribution in [0, 0.1) is 0 Å². The second kappa shape index (κ2) is 4.40. The molecule has 0 aromatic heterocycles. The number of hydrogen-bond acceptors (Lipinski definition) is 5. The minimum Gasteiger partial charge on any atom is -0.397 e. The summed E-state index contributed by atoms with van der Waals surface area (Å²) < 4.78 is 23.6. The third-order valence-corrected chi connectivity index (χ3v) is 2.42. The number of rotatable bonds is 3. The summed E-state index contributed by atoms with van der Waals surface area (Å²) in [5, 5.41) is 2.80. The molecule has 6 nitrogen and oxygen atoms in total. The molecule has 0 fully saturated rings. The molecule has 0 bridgehead atoms. The van der Waals surface area contributed by atoms with Gasteiger partial charge >= 0.3 is 0 Å². The van der Waals surface area contributed by atoms with Gasteiger partial charge in [-0.25, -0.2) is 13.1 Å². The lowest BCUT2D eigenvalue weighted by Gasteiger charge is -2.07. The molecule has 0 radical (unpaired) electrons. The van der Waals surface area contributed by atoms with E-state index in [9.17, 15) is 13.2 Å². The molecule has 1 amide bonds. The fourth-order valence-corrected chi connectivity index (χ4v) is 1.60. The number of sulfonamides is 1. The van der Waals surface area contributed by atoms with Crippen molar-refractivity contribution in [2.45, 2.75) is 0 Å². The van der Waals surface area contributed by atoms with E-state index in [1.165, 1.54) is 18.2 Å². The van der Waals surface area contributed by atoms with Crippen LogP contribution < -0.4 is 15.8 Å². The van der Waals surface area contributed by atoms with Gasteiger partial charge in [0.15, 0.2) is 0 Å². The first-order chi connectivity index (χ1) is 7.33. The number of hydrogen-bond donors (Lipinski definition) is 3. The van der Waals surface area contributed by atoms with Gasteiger partial charge in [0.05, 0.1) is 17.6 Å². The molecule has 16 heavy (non-hydrogen) atoms. The molecule has 0 unspecified atom stereocenters. The van der Waals surface area contributed by atoms with Gasteiger partial charge in [-0.1, -0.05) is 0 Å². The van der Waals surface area contributed by atoms with E-state index in [-0.39, 0.29) is 5.56 Å². The maximum atomic E-state index is 11.5. The third kappa shape index (κ3) is 3.13. The maximum absolute atomic E-state index is 11.5. The summed E-state index contributed by atoms with van der Waals surface area (Å²) >= 11 is 0. The molecule has 0 atom stereocenters. The van der Waals surface area contributed by atoms with Gasteiger partial charge in [-0.2, -0.15) is 0 Å². The summed E-state index contributed by atoms with van der Waals surface area (Å²) in [5.41, 5.74) is 6.90. The van der Waals surface area contributed by atoms with Crippen molar-refractivity contribution < 1.29 is 13.2 Å². The lowest BCUT2D eigenvalue weighted by molar-refractivity contribution is 0.0982. The van der Waals surface area contributed by atoms with Crippen LogP contribution in [0.25, 0.3) is 0 Å². The highest BCUT2D eigenvalue weighted by atomic mass is 32.2. The molecule has 1 aromatic carbocycles. The first kappa shape index (κ1) is 12.3. The smallest absolute Gasteiger partial charge is 0.264 e. The Hall–Kier alpha value is -1.76. The van der Waals surface area contributed by atoms with Crippen LogP contribution in [0.4, 0.5) is 11.4 Å². The molecule has 0 heterocycles. The number of nitrogens with one attached hydrogen (secondary N) is 2. The molecule has 0 saturated heterocycles. The van der Waals surface area contributed by atoms with Crippen molar-refractivity contribution in [3.63, 3.8) is 0 Å². The summed E-state index contributed by atoms with van der Waals surface area (Å²) in [7, 11) is -1.90. The Morgan fingerprint density at radius 1 is 1.38 bits per heavy atom. The molecule has 0 aliphatic heterocycles. The topological polar surface area (TPSA) is 101 Å². The Morgan fingerprint density at radius 3 is 2.50 bits per heavy atom. The zero-order chi connectivity index (χ0) is 12.3. The van der Waals surface area contributed by atoms with E-state index in [1.807, 2.05) is 4.72 Å². The minimum absolute atomic E-state index is 0.226. The second-order valence-electron chi connectivity index (χ2n) is 3.26. The average Bonchev–Trinajstić information content (AvgIpc) is 2.15. The van der Waals surface area contributed by atoms with Crippen LogP contribution in [-0.2, 0) is 10.0 Å². The molecular formula is C9H13N3O3S. The van der Waals surface area contributed by atoms with E-state index in [4.69, 9.17) is 5.73 Å². The normalized spacial score (nSPS) is 10.9. The first-order valence-corrected chi connectivity index (χ1v) is 6.32. The van der Waals surface area contributed by atoms with Gasteiger partial charge in [0.1, 0.15) is 0 Å². The van der Waals surface area contributed by atoms with Crippen LogP contribution in [0.2, 0.25) is 0 Å². The summed E-state index contributed by atoms with van der Waals surface area (Å²) in [5.74, 6) is -0.681. The Kier molecular flexibility index (Phi) is 3.38. The summed E-state index contributed by atoms with van der Waals surface area (Å²) in [6.07, 6.45) is 0.918. The number of nitrogen functional groups attached to an aromatic ring is 1. The first-order valence-electron chi connectivity index (χ1n) is 4.43. The van der Waals surface area contributed by atoms with Crippen molar-refractivity contribution in [3.05, 3.63) is 23.8 Å². The van der Waals surface area contributed by atoms with E-state index in [0.717, 1.165) is 6.26 Å². The standard InChI is InChI=1S/C9H13N3O3S/c1-11-8-5-6(3-4-7(8)10)9(13)12-16(2,14)15/h3-5,11H,10H2,1-2H3,(H,12,13). The Labute approximate surface area is 93.9 Å². The molecule has 1 rings (SSSR count). The summed E-state index contributed by atoms with van der Waals surface area (Å²) in [4.78, 5) is 11.5. The highest BCUT2D eigenvalue weighted by Gasteiger charge is 2.12. The second-order valence-corrected chi connectivity index (χ2v) is 5.00. The lowest BCUT2D eigenvalue weighted by Crippen LogP contribution is -2.29. The van der Waals surface area contributed by atoms with Crippen LogP contribution in [0.1, 0.15) is 10.4 Å². The predicted octanol–water partition coefficient (Wildman–Crippen LogP) is -0.000100. The largest absolute Gasteiger partial charge is 0.397 e. The average molecular weight is 243 g/mol. The zero-order valence-corrected chi connectivity index (χ0v) is 9.76. The number of amides is 1. The molecule has 88 valence electrons. The Morgan fingerprint density at radius 2 is 2.00 bits per heavy atom. The van der Waals surface area contributed by atoms with Gasteiger partial charge in [-0.15, -0.1) is 0 Å². The van der Waals surface area contributed by atoms with Gasteiger partial charge in [0.2, 0.25) is 10.0 Å². The van der Waals surface area contributed by atoms with Crippen molar-refractivity contribution in [2.24, 2.45) is 0 Å². The van der Waals surface area contributed by atoms with Crippen LogP contribution in [0.15, 0.2) is 18.2 Å². The molecule has 1 aromatic rings. The minimum atomic E-state index is -3.55. The summed E-state index contributed by atoms with van der Waals surface area (Å²) in [6, 6.07) is 4.47. The highest BCUT2D eigenvalue weighted by molar-refractivity contribution is 7.89. The van der Waals surface area contributed by atoms with Crippen LogP contribution >= 0.6 is 0 Å².